The lowest BCUT2D eigenvalue weighted by Crippen LogP contribution is -1.98. The van der Waals surface area contributed by atoms with E-state index in [1.54, 1.807) is 6.92 Å². The zero-order valence-corrected chi connectivity index (χ0v) is 6.14. The lowest BCUT2D eigenvalue weighted by molar-refractivity contribution is -0.132. The fourth-order valence-electron chi connectivity index (χ4n) is 0.416. The summed E-state index contributed by atoms with van der Waals surface area (Å²) in [4.78, 5) is 10.1. The third-order valence-electron chi connectivity index (χ3n) is 0.817. The Morgan fingerprint density at radius 3 is 2.33 bits per heavy atom. The van der Waals surface area contributed by atoms with Crippen molar-refractivity contribution in [2.24, 2.45) is 0 Å². The number of carboxylic acid groups (broad SMARTS) is 1. The number of carboxylic acids is 1. The lowest BCUT2D eigenvalue weighted by Gasteiger charge is -1.93. The Hall–Kier alpha value is -0.500. The largest absolute Gasteiger partial charge is 0.478 e. The van der Waals surface area contributed by atoms with Gasteiger partial charge in [0.2, 0.25) is 0 Å². The normalized spacial score (nSPS) is 15.2. The molecule has 0 aliphatic heterocycles. The molecule has 1 atom stereocenters. The van der Waals surface area contributed by atoms with Crippen molar-refractivity contribution < 1.29 is 9.90 Å². The maximum absolute atomic E-state index is 10.1. The summed E-state index contributed by atoms with van der Waals surface area (Å²) in [5.41, 5.74) is 0.289. The molecule has 52 valence electrons. The molecule has 9 heavy (non-hydrogen) atoms. The fourth-order valence-corrected chi connectivity index (χ4v) is 0.605. The van der Waals surface area contributed by atoms with Crippen molar-refractivity contribution in [2.45, 2.75) is 19.2 Å². The van der Waals surface area contributed by atoms with E-state index in [4.69, 9.17) is 16.7 Å². The van der Waals surface area contributed by atoms with Crippen LogP contribution in [0.3, 0.4) is 0 Å². The minimum Gasteiger partial charge on any atom is -0.478 e. The predicted molar refractivity (Wildman–Crippen MR) is 36.7 cm³/mol. The summed E-state index contributed by atoms with van der Waals surface area (Å²) in [6.07, 6.45) is 1.49. The van der Waals surface area contributed by atoms with Gasteiger partial charge in [-0.1, -0.05) is 6.08 Å². The molecule has 0 bridgehead atoms. The molecular formula is C6H9ClO2. The lowest BCUT2D eigenvalue weighted by atomic mass is 10.2. The van der Waals surface area contributed by atoms with E-state index in [-0.39, 0.29) is 11.0 Å². The monoisotopic (exact) mass is 148 g/mol. The molecule has 0 aromatic carbocycles. The van der Waals surface area contributed by atoms with Gasteiger partial charge in [-0.2, -0.15) is 0 Å². The van der Waals surface area contributed by atoms with Crippen molar-refractivity contribution in [1.82, 2.24) is 0 Å². The number of carbonyl (C=O) groups is 1. The molecule has 0 heterocycles. The van der Waals surface area contributed by atoms with Crippen molar-refractivity contribution >= 4 is 17.6 Å². The van der Waals surface area contributed by atoms with Crippen molar-refractivity contribution in [3.05, 3.63) is 11.6 Å². The summed E-state index contributed by atoms with van der Waals surface area (Å²) in [5.74, 6) is -0.914. The van der Waals surface area contributed by atoms with Crippen LogP contribution in [0.25, 0.3) is 0 Å². The number of rotatable bonds is 2. The van der Waals surface area contributed by atoms with Gasteiger partial charge in [-0.3, -0.25) is 0 Å². The Kier molecular flexibility index (Phi) is 3.32. The number of hydrogen-bond donors (Lipinski definition) is 1. The second-order valence-corrected chi connectivity index (χ2v) is 2.52. The Bertz CT molecular complexity index is 138. The Morgan fingerprint density at radius 1 is 1.78 bits per heavy atom. The highest BCUT2D eigenvalue weighted by atomic mass is 35.5. The Balaban J connectivity index is 4.00. The minimum atomic E-state index is -0.914. The molecule has 0 rings (SSSR count). The number of allylic oxidation sites excluding steroid dienone is 1. The van der Waals surface area contributed by atoms with Gasteiger partial charge in [-0.15, -0.1) is 11.6 Å². The predicted octanol–water partition coefficient (Wildman–Crippen LogP) is 1.64. The maximum atomic E-state index is 10.1. The van der Waals surface area contributed by atoms with Crippen LogP contribution >= 0.6 is 11.6 Å². The van der Waals surface area contributed by atoms with Gasteiger partial charge in [0, 0.05) is 11.0 Å². The van der Waals surface area contributed by atoms with Crippen molar-refractivity contribution in [2.75, 3.05) is 0 Å². The van der Waals surface area contributed by atoms with Crippen LogP contribution in [0.4, 0.5) is 0 Å². The molecule has 0 aliphatic carbocycles. The molecule has 3 heteroatoms. The van der Waals surface area contributed by atoms with Crippen LogP contribution in [0.5, 0.6) is 0 Å². The van der Waals surface area contributed by atoms with Crippen LogP contribution in [-0.4, -0.2) is 16.5 Å². The third-order valence-corrected chi connectivity index (χ3v) is 0.943. The Labute approximate surface area is 59.1 Å². The first-order chi connectivity index (χ1) is 4.04. The van der Waals surface area contributed by atoms with Gasteiger partial charge >= 0.3 is 5.97 Å². The number of hydrogen-bond acceptors (Lipinski definition) is 1. The molecule has 0 aromatic heterocycles. The van der Waals surface area contributed by atoms with Crippen molar-refractivity contribution in [3.63, 3.8) is 0 Å². The molecule has 0 radical (unpaired) electrons. The molecule has 0 amide bonds. The van der Waals surface area contributed by atoms with Gasteiger partial charge in [0.05, 0.1) is 0 Å². The second kappa shape index (κ2) is 3.51. The Morgan fingerprint density at radius 2 is 2.22 bits per heavy atom. The summed E-state index contributed by atoms with van der Waals surface area (Å²) in [7, 11) is 0. The first kappa shape index (κ1) is 8.50. The van der Waals surface area contributed by atoms with E-state index in [9.17, 15) is 4.79 Å². The van der Waals surface area contributed by atoms with E-state index in [1.165, 1.54) is 13.0 Å². The molecular weight excluding hydrogens is 140 g/mol. The molecule has 1 unspecified atom stereocenters. The molecule has 1 N–H and O–H groups in total. The van der Waals surface area contributed by atoms with E-state index < -0.39 is 5.97 Å². The van der Waals surface area contributed by atoms with Gasteiger partial charge in [0.25, 0.3) is 0 Å². The van der Waals surface area contributed by atoms with Crippen LogP contribution in [0.2, 0.25) is 0 Å². The maximum Gasteiger partial charge on any atom is 0.330 e. The van der Waals surface area contributed by atoms with Gasteiger partial charge in [0.1, 0.15) is 0 Å². The number of halogens is 1. The SMILES string of the molecule is C/C(=C\C(C)Cl)C(=O)O. The summed E-state index contributed by atoms with van der Waals surface area (Å²) in [6.45, 7) is 3.23. The van der Waals surface area contributed by atoms with E-state index >= 15 is 0 Å². The number of alkyl halides is 1. The molecule has 0 spiro atoms. The highest BCUT2D eigenvalue weighted by Crippen LogP contribution is 2.00. The second-order valence-electron chi connectivity index (χ2n) is 1.83. The van der Waals surface area contributed by atoms with Gasteiger partial charge in [-0.25, -0.2) is 4.79 Å². The van der Waals surface area contributed by atoms with E-state index in [1.807, 2.05) is 0 Å². The summed E-state index contributed by atoms with van der Waals surface area (Å²) in [6, 6.07) is 0. The molecule has 0 saturated carbocycles. The summed E-state index contributed by atoms with van der Waals surface area (Å²) < 4.78 is 0. The molecule has 0 saturated heterocycles. The zero-order valence-electron chi connectivity index (χ0n) is 5.39. The smallest absolute Gasteiger partial charge is 0.330 e. The topological polar surface area (TPSA) is 37.3 Å². The third kappa shape index (κ3) is 4.03. The zero-order chi connectivity index (χ0) is 7.44. The average molecular weight is 149 g/mol. The van der Waals surface area contributed by atoms with E-state index in [0.717, 1.165) is 0 Å². The van der Waals surface area contributed by atoms with Gasteiger partial charge < -0.3 is 5.11 Å². The summed E-state index contributed by atoms with van der Waals surface area (Å²) >= 11 is 5.48. The van der Waals surface area contributed by atoms with Gasteiger partial charge in [-0.05, 0) is 13.8 Å². The molecule has 2 nitrogen and oxygen atoms in total. The standard InChI is InChI=1S/C6H9ClO2/c1-4(6(8)9)3-5(2)7/h3,5H,1-2H3,(H,8,9)/b4-3+. The molecule has 0 aromatic rings. The van der Waals surface area contributed by atoms with Crippen LogP contribution in [-0.2, 0) is 4.79 Å². The molecule has 0 aliphatic rings. The average Bonchev–Trinajstić information content (AvgIpc) is 1.63. The number of aliphatic carboxylic acids is 1. The molecule has 0 fully saturated rings. The van der Waals surface area contributed by atoms with E-state index in [2.05, 4.69) is 0 Å². The first-order valence-electron chi connectivity index (χ1n) is 2.60. The summed E-state index contributed by atoms with van der Waals surface area (Å²) in [5, 5.41) is 8.10. The van der Waals surface area contributed by atoms with Gasteiger partial charge in [0.15, 0.2) is 0 Å². The first-order valence-corrected chi connectivity index (χ1v) is 3.03. The highest BCUT2D eigenvalue weighted by molar-refractivity contribution is 6.21. The van der Waals surface area contributed by atoms with Crippen LogP contribution < -0.4 is 0 Å². The highest BCUT2D eigenvalue weighted by Gasteiger charge is 1.99. The van der Waals surface area contributed by atoms with Crippen LogP contribution in [0, 0.1) is 0 Å². The van der Waals surface area contributed by atoms with Crippen LogP contribution in [0.1, 0.15) is 13.8 Å². The quantitative estimate of drug-likeness (QED) is 0.478. The van der Waals surface area contributed by atoms with E-state index in [0.29, 0.717) is 0 Å². The fraction of sp³-hybridized carbons (Fsp3) is 0.500. The minimum absolute atomic E-state index is 0.207. The van der Waals surface area contributed by atoms with Crippen molar-refractivity contribution in [3.8, 4) is 0 Å². The van der Waals surface area contributed by atoms with Crippen molar-refractivity contribution in [1.29, 1.82) is 0 Å². The van der Waals surface area contributed by atoms with Crippen LogP contribution in [0.15, 0.2) is 11.6 Å².